The van der Waals surface area contributed by atoms with Gasteiger partial charge in [-0.3, -0.25) is 10.1 Å². The maximum absolute atomic E-state index is 12.2. The van der Waals surface area contributed by atoms with Gasteiger partial charge in [0.05, 0.1) is 0 Å². The summed E-state index contributed by atoms with van der Waals surface area (Å²) in [4.78, 5) is 28.3. The van der Waals surface area contributed by atoms with E-state index in [4.69, 9.17) is 0 Å². The van der Waals surface area contributed by atoms with Crippen molar-refractivity contribution in [3.8, 4) is 0 Å². The third kappa shape index (κ3) is 2.61. The highest BCUT2D eigenvalue weighted by Gasteiger charge is 2.52. The predicted molar refractivity (Wildman–Crippen MR) is 73.8 cm³/mol. The van der Waals surface area contributed by atoms with Gasteiger partial charge in [-0.15, -0.1) is 0 Å². The van der Waals surface area contributed by atoms with Gasteiger partial charge in [0.25, 0.3) is 5.91 Å². The second-order valence-electron chi connectivity index (χ2n) is 5.53. The molecule has 1 spiro atoms. The lowest BCUT2D eigenvalue weighted by molar-refractivity contribution is -0.128. The minimum atomic E-state index is -0.539. The molecule has 0 bridgehead atoms. The Bertz CT molecular complexity index is 347. The number of amides is 3. The Kier molecular flexibility index (Phi) is 4.45. The summed E-state index contributed by atoms with van der Waals surface area (Å²) < 4.78 is 0. The zero-order valence-corrected chi connectivity index (χ0v) is 12.1. The summed E-state index contributed by atoms with van der Waals surface area (Å²) in [5.74, 6) is -0.0725. The van der Waals surface area contributed by atoms with Crippen LogP contribution in [-0.2, 0) is 4.79 Å². The molecule has 19 heavy (non-hydrogen) atoms. The molecular weight excluding hydrogens is 242 g/mol. The van der Waals surface area contributed by atoms with E-state index in [1.165, 1.54) is 6.42 Å². The van der Waals surface area contributed by atoms with Crippen molar-refractivity contribution in [2.75, 3.05) is 26.2 Å². The Morgan fingerprint density at radius 1 is 1.16 bits per heavy atom. The fourth-order valence-electron chi connectivity index (χ4n) is 3.33. The first-order valence-corrected chi connectivity index (χ1v) is 7.49. The minimum absolute atomic E-state index is 0.0725. The third-order valence-corrected chi connectivity index (χ3v) is 4.62. The third-order valence-electron chi connectivity index (χ3n) is 4.62. The fraction of sp³-hybridized carbons (Fsp3) is 0.857. The number of likely N-dealkylation sites (N-methyl/N-ethyl adjacent to an activating group) is 1. The van der Waals surface area contributed by atoms with E-state index >= 15 is 0 Å². The molecule has 1 saturated carbocycles. The number of carbonyl (C=O) groups excluding carboxylic acids is 2. The van der Waals surface area contributed by atoms with E-state index in [1.54, 1.807) is 4.90 Å². The fourth-order valence-corrected chi connectivity index (χ4v) is 3.33. The quantitative estimate of drug-likeness (QED) is 0.770. The molecule has 1 N–H and O–H groups in total. The van der Waals surface area contributed by atoms with Gasteiger partial charge in [0, 0.05) is 13.1 Å². The zero-order chi connectivity index (χ0) is 13.9. The lowest BCUT2D eigenvalue weighted by atomic mass is 9.80. The van der Waals surface area contributed by atoms with Crippen molar-refractivity contribution in [3.05, 3.63) is 0 Å². The molecule has 5 nitrogen and oxygen atoms in total. The molecule has 2 rings (SSSR count). The molecule has 1 heterocycles. The van der Waals surface area contributed by atoms with Crippen LogP contribution >= 0.6 is 0 Å². The molecule has 0 aromatic carbocycles. The van der Waals surface area contributed by atoms with Crippen LogP contribution in [0.4, 0.5) is 4.79 Å². The van der Waals surface area contributed by atoms with Crippen molar-refractivity contribution < 1.29 is 9.59 Å². The molecule has 5 heteroatoms. The number of nitrogens with zero attached hydrogens (tertiary/aromatic N) is 2. The van der Waals surface area contributed by atoms with Gasteiger partial charge in [0.1, 0.15) is 5.54 Å². The highest BCUT2D eigenvalue weighted by atomic mass is 16.2. The zero-order valence-electron chi connectivity index (χ0n) is 12.1. The summed E-state index contributed by atoms with van der Waals surface area (Å²) in [5, 5.41) is 2.52. The largest absolute Gasteiger partial charge is 0.325 e. The van der Waals surface area contributed by atoms with Gasteiger partial charge < -0.3 is 9.80 Å². The van der Waals surface area contributed by atoms with E-state index in [1.807, 2.05) is 0 Å². The van der Waals surface area contributed by atoms with E-state index in [-0.39, 0.29) is 11.9 Å². The van der Waals surface area contributed by atoms with Crippen molar-refractivity contribution in [3.63, 3.8) is 0 Å². The van der Waals surface area contributed by atoms with Crippen LogP contribution < -0.4 is 5.32 Å². The lowest BCUT2D eigenvalue weighted by Gasteiger charge is -2.39. The summed E-state index contributed by atoms with van der Waals surface area (Å²) in [7, 11) is 0. The van der Waals surface area contributed by atoms with Crippen molar-refractivity contribution >= 4 is 11.9 Å². The average Bonchev–Trinajstić information content (AvgIpc) is 2.64. The molecule has 0 aromatic rings. The van der Waals surface area contributed by atoms with Crippen LogP contribution in [-0.4, -0.2) is 53.5 Å². The molecule has 0 atom stereocenters. The van der Waals surface area contributed by atoms with Gasteiger partial charge in [0.15, 0.2) is 0 Å². The Hall–Kier alpha value is -1.10. The van der Waals surface area contributed by atoms with Crippen LogP contribution in [0.1, 0.15) is 46.0 Å². The normalized spacial score (nSPS) is 22.4. The molecule has 108 valence electrons. The van der Waals surface area contributed by atoms with Crippen molar-refractivity contribution in [2.24, 2.45) is 0 Å². The van der Waals surface area contributed by atoms with Crippen LogP contribution in [0.5, 0.6) is 0 Å². The first-order valence-electron chi connectivity index (χ1n) is 7.49. The molecule has 0 unspecified atom stereocenters. The first kappa shape index (κ1) is 14.3. The topological polar surface area (TPSA) is 52.6 Å². The molecule has 2 fully saturated rings. The molecule has 3 amide bonds. The summed E-state index contributed by atoms with van der Waals surface area (Å²) in [5.41, 5.74) is -0.539. The molecule has 1 aliphatic carbocycles. The van der Waals surface area contributed by atoms with E-state index in [0.29, 0.717) is 6.54 Å². The number of urea groups is 1. The van der Waals surface area contributed by atoms with Gasteiger partial charge in [0.2, 0.25) is 0 Å². The van der Waals surface area contributed by atoms with Gasteiger partial charge in [-0.1, -0.05) is 33.1 Å². The molecule has 0 radical (unpaired) electrons. The predicted octanol–water partition coefficient (Wildman–Crippen LogP) is 1.58. The van der Waals surface area contributed by atoms with Crippen molar-refractivity contribution in [1.82, 2.24) is 15.1 Å². The molecular formula is C14H25N3O2. The smallest absolute Gasteiger partial charge is 0.308 e. The maximum Gasteiger partial charge on any atom is 0.325 e. The number of hydrogen-bond acceptors (Lipinski definition) is 3. The Morgan fingerprint density at radius 3 is 2.37 bits per heavy atom. The molecule has 0 aromatic heterocycles. The maximum atomic E-state index is 12.2. The van der Waals surface area contributed by atoms with E-state index in [9.17, 15) is 9.59 Å². The number of imide groups is 1. The summed E-state index contributed by atoms with van der Waals surface area (Å²) in [6.45, 7) is 7.69. The van der Waals surface area contributed by atoms with Crippen molar-refractivity contribution in [2.45, 2.75) is 51.5 Å². The van der Waals surface area contributed by atoms with Gasteiger partial charge in [-0.25, -0.2) is 4.79 Å². The molecule has 1 aliphatic heterocycles. The Morgan fingerprint density at radius 2 is 1.79 bits per heavy atom. The summed E-state index contributed by atoms with van der Waals surface area (Å²) >= 11 is 0. The van der Waals surface area contributed by atoms with E-state index < -0.39 is 5.54 Å². The highest BCUT2D eigenvalue weighted by molar-refractivity contribution is 6.07. The lowest BCUT2D eigenvalue weighted by Crippen LogP contribution is -2.52. The highest BCUT2D eigenvalue weighted by Crippen LogP contribution is 2.36. The molecule has 2 aliphatic rings. The van der Waals surface area contributed by atoms with Gasteiger partial charge in [-0.2, -0.15) is 0 Å². The van der Waals surface area contributed by atoms with Crippen LogP contribution in [0.25, 0.3) is 0 Å². The average molecular weight is 267 g/mol. The van der Waals surface area contributed by atoms with Gasteiger partial charge in [-0.05, 0) is 25.9 Å². The van der Waals surface area contributed by atoms with Crippen LogP contribution in [0.2, 0.25) is 0 Å². The monoisotopic (exact) mass is 267 g/mol. The standard InChI is InChI=1S/C14H25N3O2/c1-3-16(4-2)10-11-17-13(19)15-12(18)14(17)8-6-5-7-9-14/h3-11H2,1-2H3,(H,15,18,19). The Balaban J connectivity index is 2.07. The second kappa shape index (κ2) is 5.90. The SMILES string of the molecule is CCN(CC)CCN1C(=O)NC(=O)C12CCCCC2. The van der Waals surface area contributed by atoms with Crippen LogP contribution in [0.15, 0.2) is 0 Å². The Labute approximate surface area is 115 Å². The number of nitrogens with one attached hydrogen (secondary N) is 1. The second-order valence-corrected chi connectivity index (χ2v) is 5.53. The van der Waals surface area contributed by atoms with Gasteiger partial charge >= 0.3 is 6.03 Å². The first-order chi connectivity index (χ1) is 9.14. The molecule has 1 saturated heterocycles. The number of carbonyl (C=O) groups is 2. The number of hydrogen-bond donors (Lipinski definition) is 1. The minimum Gasteiger partial charge on any atom is -0.308 e. The number of rotatable bonds is 5. The summed E-state index contributed by atoms with van der Waals surface area (Å²) in [6.07, 6.45) is 4.91. The van der Waals surface area contributed by atoms with Crippen LogP contribution in [0, 0.1) is 0 Å². The van der Waals surface area contributed by atoms with Crippen molar-refractivity contribution in [1.29, 1.82) is 0 Å². The van der Waals surface area contributed by atoms with Crippen LogP contribution in [0.3, 0.4) is 0 Å². The summed E-state index contributed by atoms with van der Waals surface area (Å²) in [6, 6.07) is -0.195. The van der Waals surface area contributed by atoms with E-state index in [0.717, 1.165) is 45.3 Å². The van der Waals surface area contributed by atoms with E-state index in [2.05, 4.69) is 24.1 Å².